The van der Waals surface area contributed by atoms with Crippen molar-refractivity contribution < 1.29 is 15.0 Å². The average Bonchev–Trinajstić information content (AvgIpc) is 2.30. The Kier molecular flexibility index (Phi) is 5.78. The van der Waals surface area contributed by atoms with E-state index < -0.39 is 0 Å². The molecular formula is C12H16ClNO3S. The summed E-state index contributed by atoms with van der Waals surface area (Å²) >= 11 is 7.17. The zero-order valence-electron chi connectivity index (χ0n) is 10.2. The molecule has 0 fully saturated rings. The normalized spacial score (nSPS) is 14.0. The predicted octanol–water partition coefficient (Wildman–Crippen LogP) is 1.89. The molecule has 0 aliphatic heterocycles. The van der Waals surface area contributed by atoms with Gasteiger partial charge in [-0.15, -0.1) is 0 Å². The Balaban J connectivity index is 2.76. The van der Waals surface area contributed by atoms with Crippen molar-refractivity contribution in [1.82, 2.24) is 5.32 Å². The molecule has 0 saturated carbocycles. The topological polar surface area (TPSA) is 69.6 Å². The van der Waals surface area contributed by atoms with E-state index in [1.807, 2.05) is 13.2 Å². The fraction of sp³-hybridized carbons (Fsp3) is 0.417. The van der Waals surface area contributed by atoms with Gasteiger partial charge in [0.1, 0.15) is 5.75 Å². The highest BCUT2D eigenvalue weighted by Crippen LogP contribution is 2.22. The number of carbonyl (C=O) groups excluding carboxylic acids is 1. The Morgan fingerprint density at radius 1 is 1.56 bits per heavy atom. The molecule has 100 valence electrons. The summed E-state index contributed by atoms with van der Waals surface area (Å²) in [6, 6.07) is 4.12. The van der Waals surface area contributed by atoms with Gasteiger partial charge in [0.2, 0.25) is 0 Å². The lowest BCUT2D eigenvalue weighted by atomic mass is 10.1. The van der Waals surface area contributed by atoms with Crippen molar-refractivity contribution in [2.75, 3.05) is 12.9 Å². The molecule has 2 atom stereocenters. The highest BCUT2D eigenvalue weighted by Gasteiger charge is 2.19. The van der Waals surface area contributed by atoms with Crippen LogP contribution in [0.1, 0.15) is 17.3 Å². The maximum atomic E-state index is 11.9. The van der Waals surface area contributed by atoms with E-state index in [1.54, 1.807) is 6.07 Å². The molecular weight excluding hydrogens is 274 g/mol. The van der Waals surface area contributed by atoms with Crippen LogP contribution in [0.15, 0.2) is 18.2 Å². The molecule has 0 saturated heterocycles. The fourth-order valence-corrected chi connectivity index (χ4v) is 2.30. The number of phenols is 1. The van der Waals surface area contributed by atoms with Crippen molar-refractivity contribution in [3.63, 3.8) is 0 Å². The lowest BCUT2D eigenvalue weighted by molar-refractivity contribution is 0.0933. The summed E-state index contributed by atoms with van der Waals surface area (Å²) in [5.74, 6) is -0.541. The second kappa shape index (κ2) is 6.87. The first-order valence-electron chi connectivity index (χ1n) is 5.42. The van der Waals surface area contributed by atoms with Crippen LogP contribution in [-0.4, -0.2) is 40.3 Å². The van der Waals surface area contributed by atoms with E-state index in [0.717, 1.165) is 0 Å². The van der Waals surface area contributed by atoms with Gasteiger partial charge in [-0.25, -0.2) is 0 Å². The summed E-state index contributed by atoms with van der Waals surface area (Å²) in [4.78, 5) is 11.9. The van der Waals surface area contributed by atoms with Gasteiger partial charge in [0.05, 0.1) is 12.2 Å². The molecule has 18 heavy (non-hydrogen) atoms. The van der Waals surface area contributed by atoms with E-state index in [2.05, 4.69) is 5.32 Å². The number of hydrogen-bond acceptors (Lipinski definition) is 4. The van der Waals surface area contributed by atoms with Gasteiger partial charge in [0.25, 0.3) is 5.91 Å². The number of halogens is 1. The van der Waals surface area contributed by atoms with E-state index in [-0.39, 0.29) is 35.1 Å². The minimum absolute atomic E-state index is 0.0186. The van der Waals surface area contributed by atoms with Crippen LogP contribution in [0.25, 0.3) is 0 Å². The van der Waals surface area contributed by atoms with Gasteiger partial charge in [0.15, 0.2) is 0 Å². The summed E-state index contributed by atoms with van der Waals surface area (Å²) < 4.78 is 0. The summed E-state index contributed by atoms with van der Waals surface area (Å²) in [6.45, 7) is 1.79. The van der Waals surface area contributed by atoms with Gasteiger partial charge < -0.3 is 15.5 Å². The van der Waals surface area contributed by atoms with Gasteiger partial charge in [-0.05, 0) is 31.4 Å². The first-order valence-corrected chi connectivity index (χ1v) is 7.09. The van der Waals surface area contributed by atoms with Crippen LogP contribution in [-0.2, 0) is 0 Å². The number of benzene rings is 1. The van der Waals surface area contributed by atoms with Crippen molar-refractivity contribution in [3.8, 4) is 5.75 Å². The van der Waals surface area contributed by atoms with Gasteiger partial charge in [0, 0.05) is 16.3 Å². The summed E-state index contributed by atoms with van der Waals surface area (Å²) in [5, 5.41) is 21.8. The molecule has 2 unspecified atom stereocenters. The van der Waals surface area contributed by atoms with Crippen molar-refractivity contribution in [2.24, 2.45) is 0 Å². The standard InChI is InChI=1S/C12H16ClNO3S/c1-7(11(6-15)18-2)14-12(17)9-4-3-8(13)5-10(9)16/h3-5,7,11,15-16H,6H2,1-2H3,(H,14,17). The molecule has 1 aromatic rings. The van der Waals surface area contributed by atoms with Crippen LogP contribution in [0, 0.1) is 0 Å². The average molecular weight is 290 g/mol. The molecule has 1 aromatic carbocycles. The monoisotopic (exact) mass is 289 g/mol. The van der Waals surface area contributed by atoms with E-state index in [1.165, 1.54) is 23.9 Å². The largest absolute Gasteiger partial charge is 0.507 e. The van der Waals surface area contributed by atoms with Gasteiger partial charge in [-0.3, -0.25) is 4.79 Å². The molecule has 0 radical (unpaired) electrons. The number of carbonyl (C=O) groups is 1. The van der Waals surface area contributed by atoms with E-state index >= 15 is 0 Å². The number of phenolic OH excluding ortho intramolecular Hbond substituents is 1. The Morgan fingerprint density at radius 2 is 2.22 bits per heavy atom. The van der Waals surface area contributed by atoms with Crippen LogP contribution in [0.4, 0.5) is 0 Å². The maximum absolute atomic E-state index is 11.9. The van der Waals surface area contributed by atoms with E-state index in [9.17, 15) is 9.90 Å². The predicted molar refractivity (Wildman–Crippen MR) is 74.4 cm³/mol. The minimum atomic E-state index is -0.385. The van der Waals surface area contributed by atoms with Gasteiger partial charge in [-0.1, -0.05) is 11.6 Å². The van der Waals surface area contributed by atoms with Crippen molar-refractivity contribution in [3.05, 3.63) is 28.8 Å². The number of aliphatic hydroxyl groups excluding tert-OH is 1. The number of hydrogen-bond donors (Lipinski definition) is 3. The van der Waals surface area contributed by atoms with Crippen LogP contribution >= 0.6 is 23.4 Å². The zero-order chi connectivity index (χ0) is 13.7. The van der Waals surface area contributed by atoms with Crippen molar-refractivity contribution in [2.45, 2.75) is 18.2 Å². The molecule has 4 nitrogen and oxygen atoms in total. The fourth-order valence-electron chi connectivity index (χ4n) is 1.51. The lowest BCUT2D eigenvalue weighted by Gasteiger charge is -2.21. The van der Waals surface area contributed by atoms with Crippen LogP contribution < -0.4 is 5.32 Å². The van der Waals surface area contributed by atoms with Crippen molar-refractivity contribution in [1.29, 1.82) is 0 Å². The van der Waals surface area contributed by atoms with Crippen LogP contribution in [0.3, 0.4) is 0 Å². The quantitative estimate of drug-likeness (QED) is 0.774. The number of aromatic hydroxyl groups is 1. The molecule has 0 bridgehead atoms. The van der Waals surface area contributed by atoms with Gasteiger partial charge >= 0.3 is 0 Å². The zero-order valence-corrected chi connectivity index (χ0v) is 11.8. The third-order valence-electron chi connectivity index (χ3n) is 2.60. The minimum Gasteiger partial charge on any atom is -0.507 e. The highest BCUT2D eigenvalue weighted by atomic mass is 35.5. The summed E-state index contributed by atoms with van der Waals surface area (Å²) in [7, 11) is 0. The summed E-state index contributed by atoms with van der Waals surface area (Å²) in [6.07, 6.45) is 1.86. The Morgan fingerprint density at radius 3 is 2.72 bits per heavy atom. The molecule has 0 aliphatic carbocycles. The molecule has 0 spiro atoms. The first kappa shape index (κ1) is 15.1. The van der Waals surface area contributed by atoms with E-state index in [4.69, 9.17) is 16.7 Å². The maximum Gasteiger partial charge on any atom is 0.255 e. The molecule has 1 amide bonds. The van der Waals surface area contributed by atoms with E-state index in [0.29, 0.717) is 5.02 Å². The Bertz CT molecular complexity index is 424. The Labute approximate surface area is 115 Å². The SMILES string of the molecule is CSC(CO)C(C)NC(=O)c1ccc(Cl)cc1O. The molecule has 0 heterocycles. The third-order valence-corrected chi connectivity index (χ3v) is 4.00. The first-order chi connectivity index (χ1) is 8.49. The molecule has 6 heteroatoms. The molecule has 1 rings (SSSR count). The van der Waals surface area contributed by atoms with Crippen LogP contribution in [0.2, 0.25) is 5.02 Å². The number of thioether (sulfide) groups is 1. The summed E-state index contributed by atoms with van der Waals surface area (Å²) in [5.41, 5.74) is 0.170. The highest BCUT2D eigenvalue weighted by molar-refractivity contribution is 7.99. The van der Waals surface area contributed by atoms with Gasteiger partial charge in [-0.2, -0.15) is 11.8 Å². The molecule has 3 N–H and O–H groups in total. The second-order valence-corrected chi connectivity index (χ2v) is 5.39. The number of aliphatic hydroxyl groups is 1. The van der Waals surface area contributed by atoms with Crippen LogP contribution in [0.5, 0.6) is 5.75 Å². The van der Waals surface area contributed by atoms with Crippen molar-refractivity contribution >= 4 is 29.3 Å². The lowest BCUT2D eigenvalue weighted by Crippen LogP contribution is -2.41. The molecule has 0 aromatic heterocycles. The number of amides is 1. The Hall–Kier alpha value is -0.910. The second-order valence-electron chi connectivity index (χ2n) is 3.88. The third kappa shape index (κ3) is 3.80. The smallest absolute Gasteiger partial charge is 0.255 e. The number of nitrogens with one attached hydrogen (secondary N) is 1. The number of rotatable bonds is 5. The molecule has 0 aliphatic rings.